The van der Waals surface area contributed by atoms with Crippen molar-refractivity contribution in [3.63, 3.8) is 0 Å². The minimum atomic E-state index is -0.661. The van der Waals surface area contributed by atoms with Crippen molar-refractivity contribution in [1.82, 2.24) is 19.7 Å². The van der Waals surface area contributed by atoms with Gasteiger partial charge in [-0.15, -0.1) is 5.10 Å². The van der Waals surface area contributed by atoms with Crippen molar-refractivity contribution in [3.05, 3.63) is 83.4 Å². The largest absolute Gasteiger partial charge is 0.507 e. The van der Waals surface area contributed by atoms with Crippen molar-refractivity contribution in [3.8, 4) is 34.6 Å². The third-order valence-electron chi connectivity index (χ3n) is 6.60. The summed E-state index contributed by atoms with van der Waals surface area (Å²) in [4.78, 5) is 14.7. The molecule has 3 aromatic carbocycles. The van der Waals surface area contributed by atoms with E-state index < -0.39 is 17.9 Å². The monoisotopic (exact) mass is 516 g/mol. The van der Waals surface area contributed by atoms with Crippen LogP contribution in [0.25, 0.3) is 17.1 Å². The van der Waals surface area contributed by atoms with Gasteiger partial charge in [-0.05, 0) is 30.2 Å². The van der Waals surface area contributed by atoms with E-state index in [0.29, 0.717) is 18.7 Å². The second-order valence-electron chi connectivity index (χ2n) is 9.18. The van der Waals surface area contributed by atoms with E-state index in [1.54, 1.807) is 19.2 Å². The Morgan fingerprint density at radius 3 is 2.42 bits per heavy atom. The molecule has 0 aliphatic carbocycles. The lowest BCUT2D eigenvalue weighted by Gasteiger charge is -2.35. The van der Waals surface area contributed by atoms with Crippen LogP contribution in [0.5, 0.6) is 17.5 Å². The molecule has 38 heavy (non-hydrogen) atoms. The molecule has 1 saturated heterocycles. The van der Waals surface area contributed by atoms with Crippen LogP contribution < -0.4 is 0 Å². The Morgan fingerprint density at radius 1 is 0.974 bits per heavy atom. The highest BCUT2D eigenvalue weighted by Crippen LogP contribution is 2.37. The summed E-state index contributed by atoms with van der Waals surface area (Å²) in [6.07, 6.45) is -0.0981. The molecular formula is C28H28N4O6. The summed E-state index contributed by atoms with van der Waals surface area (Å²) >= 11 is 0. The number of carbonyl (C=O) groups is 1. The maximum Gasteiger partial charge on any atom is 0.319 e. The van der Waals surface area contributed by atoms with Crippen LogP contribution in [-0.4, -0.2) is 73.5 Å². The van der Waals surface area contributed by atoms with Gasteiger partial charge in [0, 0.05) is 19.5 Å². The average molecular weight is 517 g/mol. The highest BCUT2D eigenvalue weighted by atomic mass is 16.6. The van der Waals surface area contributed by atoms with Crippen LogP contribution in [0.1, 0.15) is 21.5 Å². The number of phenolic OH excluding ortho intramolecular Hbond substituents is 2. The molecule has 2 unspecified atom stereocenters. The number of rotatable bonds is 6. The number of ether oxygens (including phenoxy) is 2. The molecule has 196 valence electrons. The molecule has 1 aliphatic rings. The molecule has 10 nitrogen and oxygen atoms in total. The zero-order valence-electron chi connectivity index (χ0n) is 21.0. The molecule has 1 aliphatic heterocycles. The van der Waals surface area contributed by atoms with Gasteiger partial charge in [-0.25, -0.2) is 4.57 Å². The fraction of sp³-hybridized carbons (Fsp3) is 0.250. The van der Waals surface area contributed by atoms with Gasteiger partial charge in [0.25, 0.3) is 5.91 Å². The van der Waals surface area contributed by atoms with Crippen molar-refractivity contribution in [2.45, 2.75) is 25.7 Å². The van der Waals surface area contributed by atoms with Gasteiger partial charge in [0.2, 0.25) is 0 Å². The molecular weight excluding hydrogens is 488 g/mol. The number of nitrogens with zero attached hydrogens (tertiary/aromatic N) is 4. The van der Waals surface area contributed by atoms with Crippen molar-refractivity contribution >= 4 is 5.91 Å². The lowest BCUT2D eigenvalue weighted by Crippen LogP contribution is -2.48. The van der Waals surface area contributed by atoms with Gasteiger partial charge in [-0.1, -0.05) is 53.6 Å². The quantitative estimate of drug-likeness (QED) is 0.356. The van der Waals surface area contributed by atoms with Crippen molar-refractivity contribution in [2.24, 2.45) is 0 Å². The molecule has 10 heteroatoms. The van der Waals surface area contributed by atoms with E-state index in [0.717, 1.165) is 17.2 Å². The Morgan fingerprint density at radius 2 is 1.71 bits per heavy atom. The second kappa shape index (κ2) is 10.5. The molecule has 0 spiro atoms. The highest BCUT2D eigenvalue weighted by molar-refractivity contribution is 5.98. The summed E-state index contributed by atoms with van der Waals surface area (Å²) < 4.78 is 13.2. The lowest BCUT2D eigenvalue weighted by molar-refractivity contribution is -0.169. The van der Waals surface area contributed by atoms with E-state index >= 15 is 0 Å². The second-order valence-corrected chi connectivity index (χ2v) is 9.18. The number of aromatic nitrogens is 3. The van der Waals surface area contributed by atoms with E-state index in [9.17, 15) is 20.1 Å². The number of benzene rings is 3. The van der Waals surface area contributed by atoms with E-state index in [2.05, 4.69) is 10.2 Å². The summed E-state index contributed by atoms with van der Waals surface area (Å²) in [6.45, 7) is 2.33. The highest BCUT2D eigenvalue weighted by Gasteiger charge is 2.31. The predicted molar refractivity (Wildman–Crippen MR) is 138 cm³/mol. The first-order valence-corrected chi connectivity index (χ1v) is 12.1. The summed E-state index contributed by atoms with van der Waals surface area (Å²) in [5.74, 6) is -1.17. The van der Waals surface area contributed by atoms with Crippen LogP contribution in [0.4, 0.5) is 0 Å². The fourth-order valence-electron chi connectivity index (χ4n) is 4.49. The molecule has 0 radical (unpaired) electrons. The van der Waals surface area contributed by atoms with Crippen LogP contribution in [0.3, 0.4) is 0 Å². The first-order chi connectivity index (χ1) is 18.3. The zero-order chi connectivity index (χ0) is 26.8. The first kappa shape index (κ1) is 25.2. The van der Waals surface area contributed by atoms with Gasteiger partial charge in [0.15, 0.2) is 12.1 Å². The van der Waals surface area contributed by atoms with Gasteiger partial charge >= 0.3 is 6.01 Å². The van der Waals surface area contributed by atoms with Crippen molar-refractivity contribution in [1.29, 1.82) is 0 Å². The average Bonchev–Trinajstić information content (AvgIpc) is 3.30. The van der Waals surface area contributed by atoms with E-state index in [-0.39, 0.29) is 41.4 Å². The number of aromatic hydroxyl groups is 3. The van der Waals surface area contributed by atoms with Gasteiger partial charge in [-0.3, -0.25) is 4.79 Å². The molecule has 1 aromatic heterocycles. The third kappa shape index (κ3) is 4.91. The topological polar surface area (TPSA) is 130 Å². The minimum absolute atomic E-state index is 0.0749. The van der Waals surface area contributed by atoms with Gasteiger partial charge in [-0.2, -0.15) is 0 Å². The van der Waals surface area contributed by atoms with Crippen LogP contribution in [0.15, 0.2) is 66.7 Å². The van der Waals surface area contributed by atoms with Crippen LogP contribution in [-0.2, 0) is 15.9 Å². The summed E-state index contributed by atoms with van der Waals surface area (Å²) in [7, 11) is 1.56. The molecule has 2 heterocycles. The lowest BCUT2D eigenvalue weighted by atomic mass is 10.1. The van der Waals surface area contributed by atoms with E-state index in [4.69, 9.17) is 9.47 Å². The Kier molecular flexibility index (Phi) is 6.99. The Hall–Kier alpha value is -4.41. The molecule has 2 atom stereocenters. The molecule has 5 rings (SSSR count). The fourth-order valence-corrected chi connectivity index (χ4v) is 4.49. The Balaban J connectivity index is 1.37. The number of hydrogen-bond donors (Lipinski definition) is 3. The van der Waals surface area contributed by atoms with Crippen LogP contribution in [0, 0.1) is 6.92 Å². The number of para-hydroxylation sites is 1. The molecule has 0 bridgehead atoms. The number of carbonyl (C=O) groups excluding carboxylic acids is 1. The van der Waals surface area contributed by atoms with Gasteiger partial charge in [0.1, 0.15) is 11.5 Å². The van der Waals surface area contributed by atoms with E-state index in [1.165, 1.54) is 15.5 Å². The van der Waals surface area contributed by atoms with Gasteiger partial charge < -0.3 is 29.7 Å². The molecule has 0 saturated carbocycles. The maximum atomic E-state index is 13.4. The SMILES string of the molecule is Cc1ccccc1-n1c(O)nnc1-c1cc(C(=O)N(C)C2COC(Cc3ccccc3)CO2)c(O)cc1O. The number of hydrogen-bond acceptors (Lipinski definition) is 8. The summed E-state index contributed by atoms with van der Waals surface area (Å²) in [5.41, 5.74) is 2.60. The number of aryl methyl sites for hydroxylation is 1. The third-order valence-corrected chi connectivity index (χ3v) is 6.60. The van der Waals surface area contributed by atoms with Crippen molar-refractivity contribution in [2.75, 3.05) is 20.3 Å². The molecule has 1 amide bonds. The number of likely N-dealkylation sites (N-methyl/N-ethyl adjacent to an activating group) is 1. The zero-order valence-corrected chi connectivity index (χ0v) is 21.0. The van der Waals surface area contributed by atoms with Gasteiger partial charge in [0.05, 0.1) is 36.1 Å². The van der Waals surface area contributed by atoms with Crippen LogP contribution >= 0.6 is 0 Å². The Labute approximate surface area is 219 Å². The van der Waals surface area contributed by atoms with Crippen LogP contribution in [0.2, 0.25) is 0 Å². The summed E-state index contributed by atoms with van der Waals surface area (Å²) in [6, 6.07) is 19.2. The molecule has 4 aromatic rings. The standard InChI is InChI=1S/C28H28N4O6/c1-17-8-6-7-11-22(17)32-26(29-30-28(32)36)20-13-21(24(34)14-23(20)33)27(35)31(2)25-16-37-19(15-38-25)12-18-9-4-3-5-10-18/h3-11,13-14,19,25,33-34H,12,15-16H2,1-2H3,(H,30,36). The summed E-state index contributed by atoms with van der Waals surface area (Å²) in [5, 5.41) is 39.4. The Bertz CT molecular complexity index is 1450. The van der Waals surface area contributed by atoms with E-state index in [1.807, 2.05) is 49.4 Å². The number of amides is 1. The number of phenols is 2. The molecule has 3 N–H and O–H groups in total. The molecule has 1 fully saturated rings. The smallest absolute Gasteiger partial charge is 0.319 e. The predicted octanol–water partition coefficient (Wildman–Crippen LogP) is 3.42. The minimum Gasteiger partial charge on any atom is -0.507 e. The first-order valence-electron chi connectivity index (χ1n) is 12.1. The van der Waals surface area contributed by atoms with Crippen molar-refractivity contribution < 1.29 is 29.6 Å². The normalized spacial score (nSPS) is 17.3. The maximum absolute atomic E-state index is 13.4.